The second kappa shape index (κ2) is 6.56. The van der Waals surface area contributed by atoms with Crippen molar-refractivity contribution in [2.45, 2.75) is 0 Å². The van der Waals surface area contributed by atoms with Gasteiger partial charge in [0.05, 0.1) is 0 Å². The lowest BCUT2D eigenvalue weighted by molar-refractivity contribution is 0.405. The summed E-state index contributed by atoms with van der Waals surface area (Å²) < 4.78 is 4.28. The van der Waals surface area contributed by atoms with Crippen LogP contribution >= 0.6 is 17.9 Å². The minimum absolute atomic E-state index is 1.33. The Kier molecular flexibility index (Phi) is 8.85. The Morgan fingerprint density at radius 1 is 1.78 bits per heavy atom. The van der Waals surface area contributed by atoms with E-state index in [4.69, 9.17) is 4.89 Å². The van der Waals surface area contributed by atoms with E-state index in [1.807, 2.05) is 0 Å². The molecule has 5 heteroatoms. The second-order valence-electron chi connectivity index (χ2n) is 0.923. The molecular formula is C4H9O2PS2. The van der Waals surface area contributed by atoms with Gasteiger partial charge in [0.1, 0.15) is 0 Å². The van der Waals surface area contributed by atoms with Gasteiger partial charge in [-0.1, -0.05) is 25.4 Å². The molecule has 2 nitrogen and oxygen atoms in total. The molecule has 0 radical (unpaired) electrons. The highest BCUT2D eigenvalue weighted by Crippen LogP contribution is 2.45. The molecule has 0 saturated carbocycles. The predicted octanol–water partition coefficient (Wildman–Crippen LogP) is 1.74. The smallest absolute Gasteiger partial charge is 0.241 e. The molecule has 0 heterocycles. The monoisotopic (exact) mass is 184 g/mol. The van der Waals surface area contributed by atoms with Gasteiger partial charge in [-0.15, -0.1) is 5.73 Å². The quantitative estimate of drug-likeness (QED) is 0.369. The van der Waals surface area contributed by atoms with Crippen LogP contribution in [0.3, 0.4) is 0 Å². The van der Waals surface area contributed by atoms with E-state index in [2.05, 4.69) is 47.5 Å². The van der Waals surface area contributed by atoms with E-state index in [-0.39, 0.29) is 0 Å². The number of thiol groups is 1. The Morgan fingerprint density at radius 2 is 1.89 bits per heavy atom. The van der Waals surface area contributed by atoms with Crippen LogP contribution in [-0.4, -0.2) is 12.0 Å². The zero-order chi connectivity index (χ0) is 7.91. The summed E-state index contributed by atoms with van der Waals surface area (Å²) in [5, 5.41) is 0. The van der Waals surface area contributed by atoms with Crippen LogP contribution in [0.15, 0.2) is 18.9 Å². The molecule has 0 aromatic carbocycles. The lowest BCUT2D eigenvalue weighted by atomic mass is 11.0. The van der Waals surface area contributed by atoms with Gasteiger partial charge in [0.2, 0.25) is 5.69 Å². The fraction of sp³-hybridized carbons (Fsp3) is 0.250. The maximum absolute atomic E-state index is 8.39. The summed E-state index contributed by atoms with van der Waals surface area (Å²) in [7, 11) is 1.33. The second-order valence-corrected chi connectivity index (χ2v) is 6.19. The van der Waals surface area contributed by atoms with Crippen molar-refractivity contribution in [3.8, 4) is 0 Å². The van der Waals surface area contributed by atoms with Crippen molar-refractivity contribution in [1.29, 1.82) is 0 Å². The van der Waals surface area contributed by atoms with E-state index in [0.29, 0.717) is 0 Å². The van der Waals surface area contributed by atoms with Crippen LogP contribution < -0.4 is 0 Å². The Hall–Kier alpha value is 0.440. The highest BCUT2D eigenvalue weighted by molar-refractivity contribution is 8.59. The van der Waals surface area contributed by atoms with Gasteiger partial charge < -0.3 is 9.42 Å². The molecule has 0 rings (SSSR count). The average molecular weight is 184 g/mol. The van der Waals surface area contributed by atoms with Crippen LogP contribution in [0.5, 0.6) is 0 Å². The zero-order valence-electron chi connectivity index (χ0n) is 5.07. The van der Waals surface area contributed by atoms with Gasteiger partial charge in [0, 0.05) is 7.11 Å². The molecule has 0 aliphatic heterocycles. The van der Waals surface area contributed by atoms with E-state index < -0.39 is 5.69 Å². The topological polar surface area (TPSA) is 29.5 Å². The third-order valence-electron chi connectivity index (χ3n) is 0.238. The molecular weight excluding hydrogens is 175 g/mol. The van der Waals surface area contributed by atoms with Crippen LogP contribution in [0.2, 0.25) is 0 Å². The summed E-state index contributed by atoms with van der Waals surface area (Å²) in [5.41, 5.74) is -0.369. The Labute approximate surface area is 65.6 Å². The van der Waals surface area contributed by atoms with Crippen molar-refractivity contribution >= 4 is 29.7 Å². The predicted molar refractivity (Wildman–Crippen MR) is 47.3 cm³/mol. The third kappa shape index (κ3) is 29.6. The first-order valence-corrected chi connectivity index (χ1v) is 5.71. The number of rotatable bonds is 1. The van der Waals surface area contributed by atoms with E-state index in [1.54, 1.807) is 0 Å². The van der Waals surface area contributed by atoms with Crippen LogP contribution in [0.1, 0.15) is 0 Å². The molecule has 1 atom stereocenters. The maximum atomic E-state index is 8.39. The summed E-state index contributed by atoms with van der Waals surface area (Å²) in [6.07, 6.45) is 0. The van der Waals surface area contributed by atoms with E-state index >= 15 is 0 Å². The van der Waals surface area contributed by atoms with E-state index in [1.165, 1.54) is 7.11 Å². The standard InChI is InChI=1S/C3H4.CH5O2PS2/c1-3-2;1-3-4(2,5)6/h1-2H2;1H3,(H2,2,5,6). The molecule has 1 unspecified atom stereocenters. The zero-order valence-corrected chi connectivity index (χ0v) is 7.68. The molecule has 0 fully saturated rings. The molecule has 0 saturated heterocycles. The molecule has 1 N–H and O–H groups in total. The lowest BCUT2D eigenvalue weighted by Crippen LogP contribution is -1.67. The Morgan fingerprint density at radius 3 is 1.89 bits per heavy atom. The molecule has 0 aromatic rings. The van der Waals surface area contributed by atoms with Crippen LogP contribution in [0.25, 0.3) is 0 Å². The molecule has 0 amide bonds. The van der Waals surface area contributed by atoms with Crippen molar-refractivity contribution in [2.24, 2.45) is 0 Å². The number of hydrogen-bond donors (Lipinski definition) is 2. The summed E-state index contributed by atoms with van der Waals surface area (Å²) in [6.45, 7) is 6.25. The Bertz CT molecular complexity index is 134. The summed E-state index contributed by atoms with van der Waals surface area (Å²) >= 11 is 7.81. The summed E-state index contributed by atoms with van der Waals surface area (Å²) in [6, 6.07) is 0. The summed E-state index contributed by atoms with van der Waals surface area (Å²) in [4.78, 5) is 8.39. The number of hydrogen-bond acceptors (Lipinski definition) is 2. The van der Waals surface area contributed by atoms with Crippen molar-refractivity contribution in [3.63, 3.8) is 0 Å². The van der Waals surface area contributed by atoms with Gasteiger partial charge in [0.25, 0.3) is 0 Å². The van der Waals surface area contributed by atoms with Crippen molar-refractivity contribution in [1.82, 2.24) is 0 Å². The highest BCUT2D eigenvalue weighted by Gasteiger charge is 1.97. The minimum Gasteiger partial charge on any atom is -0.338 e. The lowest BCUT2D eigenvalue weighted by Gasteiger charge is -1.99. The van der Waals surface area contributed by atoms with E-state index in [0.717, 1.165) is 0 Å². The average Bonchev–Trinajstić information content (AvgIpc) is 1.67. The maximum Gasteiger partial charge on any atom is 0.241 e. The molecule has 0 aliphatic rings. The van der Waals surface area contributed by atoms with Crippen LogP contribution in [0.4, 0.5) is 0 Å². The molecule has 0 spiro atoms. The first-order chi connectivity index (χ1) is 3.97. The van der Waals surface area contributed by atoms with Gasteiger partial charge in [-0.2, -0.15) is 0 Å². The SMILES string of the molecule is C=C=C.COP(O)(=S)S. The normalized spacial score (nSPS) is 14.1. The fourth-order valence-corrected chi connectivity index (χ4v) is 0. The third-order valence-corrected chi connectivity index (χ3v) is 1.65. The molecule has 9 heavy (non-hydrogen) atoms. The van der Waals surface area contributed by atoms with Crippen molar-refractivity contribution in [2.75, 3.05) is 7.11 Å². The van der Waals surface area contributed by atoms with Gasteiger partial charge in [-0.25, -0.2) is 0 Å². The largest absolute Gasteiger partial charge is 0.338 e. The van der Waals surface area contributed by atoms with Crippen LogP contribution in [-0.2, 0) is 16.3 Å². The molecule has 54 valence electrons. The van der Waals surface area contributed by atoms with Gasteiger partial charge in [-0.3, -0.25) is 0 Å². The molecule has 0 aliphatic carbocycles. The van der Waals surface area contributed by atoms with Gasteiger partial charge in [-0.05, 0) is 11.8 Å². The summed E-state index contributed by atoms with van der Waals surface area (Å²) in [5.74, 6) is 0. The highest BCUT2D eigenvalue weighted by atomic mass is 32.9. The van der Waals surface area contributed by atoms with Crippen LogP contribution in [0, 0.1) is 0 Å². The Balaban J connectivity index is 0. The van der Waals surface area contributed by atoms with E-state index in [9.17, 15) is 0 Å². The first-order valence-electron chi connectivity index (χ1n) is 1.88. The van der Waals surface area contributed by atoms with Gasteiger partial charge >= 0.3 is 0 Å². The van der Waals surface area contributed by atoms with Gasteiger partial charge in [0.15, 0.2) is 0 Å². The minimum atomic E-state index is -2.62. The van der Waals surface area contributed by atoms with Crippen molar-refractivity contribution in [3.05, 3.63) is 18.9 Å². The first kappa shape index (κ1) is 12.1. The fourth-order valence-electron chi connectivity index (χ4n) is 0. The molecule has 0 aromatic heterocycles. The molecule has 0 bridgehead atoms. The van der Waals surface area contributed by atoms with Crippen molar-refractivity contribution < 1.29 is 9.42 Å².